The van der Waals surface area contributed by atoms with Crippen LogP contribution >= 0.6 is 11.6 Å². The SMILES string of the molecule is COc1ccc(OCc2noc(CN3CCN(c4ncc(C(F)(F)F)cc4Cl)CC3)n2)cc1. The first kappa shape index (κ1) is 23.1. The minimum absolute atomic E-state index is 0.0170. The van der Waals surface area contributed by atoms with Crippen molar-refractivity contribution in [1.82, 2.24) is 20.0 Å². The van der Waals surface area contributed by atoms with Crippen molar-refractivity contribution in [2.24, 2.45) is 0 Å². The van der Waals surface area contributed by atoms with Gasteiger partial charge in [0.1, 0.15) is 17.3 Å². The Morgan fingerprint density at radius 3 is 2.42 bits per heavy atom. The molecule has 0 bridgehead atoms. The van der Waals surface area contributed by atoms with Crippen molar-refractivity contribution in [2.45, 2.75) is 19.3 Å². The zero-order chi connectivity index (χ0) is 23.4. The zero-order valence-electron chi connectivity index (χ0n) is 17.7. The van der Waals surface area contributed by atoms with Gasteiger partial charge in [0.2, 0.25) is 11.7 Å². The highest BCUT2D eigenvalue weighted by Crippen LogP contribution is 2.33. The molecular formula is C21H21ClF3N5O3. The summed E-state index contributed by atoms with van der Waals surface area (Å²) < 4.78 is 54.5. The lowest BCUT2D eigenvalue weighted by Crippen LogP contribution is -2.46. The predicted octanol–water partition coefficient (Wildman–Crippen LogP) is 4.05. The molecule has 0 saturated carbocycles. The number of ether oxygens (including phenoxy) is 2. The number of hydrogen-bond donors (Lipinski definition) is 0. The van der Waals surface area contributed by atoms with Crippen molar-refractivity contribution >= 4 is 17.4 Å². The van der Waals surface area contributed by atoms with E-state index in [0.717, 1.165) is 18.0 Å². The van der Waals surface area contributed by atoms with Crippen LogP contribution in [0.2, 0.25) is 5.02 Å². The summed E-state index contributed by atoms with van der Waals surface area (Å²) in [4.78, 5) is 12.3. The van der Waals surface area contributed by atoms with Crippen LogP contribution in [-0.2, 0) is 19.3 Å². The van der Waals surface area contributed by atoms with E-state index in [1.54, 1.807) is 31.4 Å². The molecule has 0 spiro atoms. The molecule has 3 heterocycles. The van der Waals surface area contributed by atoms with Gasteiger partial charge in [-0.15, -0.1) is 0 Å². The third kappa shape index (κ3) is 5.85. The summed E-state index contributed by atoms with van der Waals surface area (Å²) in [5, 5.41) is 3.92. The Morgan fingerprint density at radius 2 is 1.79 bits per heavy atom. The molecule has 3 aromatic rings. The maximum atomic E-state index is 12.8. The van der Waals surface area contributed by atoms with Gasteiger partial charge in [0.05, 0.1) is 24.2 Å². The Morgan fingerprint density at radius 1 is 1.09 bits per heavy atom. The Kier molecular flexibility index (Phi) is 6.89. The third-order valence-corrected chi connectivity index (χ3v) is 5.40. The molecule has 1 saturated heterocycles. The van der Waals surface area contributed by atoms with Gasteiger partial charge < -0.3 is 18.9 Å². The van der Waals surface area contributed by atoms with Crippen LogP contribution in [0.15, 0.2) is 41.1 Å². The van der Waals surface area contributed by atoms with E-state index in [9.17, 15) is 13.2 Å². The van der Waals surface area contributed by atoms with Gasteiger partial charge in [0.15, 0.2) is 6.61 Å². The number of rotatable bonds is 7. The molecule has 1 aromatic carbocycles. The van der Waals surface area contributed by atoms with Gasteiger partial charge in [-0.25, -0.2) is 4.98 Å². The number of nitrogens with zero attached hydrogens (tertiary/aromatic N) is 5. The van der Waals surface area contributed by atoms with Crippen LogP contribution in [-0.4, -0.2) is 53.3 Å². The van der Waals surface area contributed by atoms with E-state index in [2.05, 4.69) is 20.0 Å². The lowest BCUT2D eigenvalue weighted by atomic mass is 10.2. The van der Waals surface area contributed by atoms with Gasteiger partial charge in [-0.1, -0.05) is 16.8 Å². The highest BCUT2D eigenvalue weighted by Gasteiger charge is 2.32. The summed E-state index contributed by atoms with van der Waals surface area (Å²) in [6.07, 6.45) is -3.67. The number of benzene rings is 1. The lowest BCUT2D eigenvalue weighted by Gasteiger charge is -2.35. The van der Waals surface area contributed by atoms with E-state index in [4.69, 9.17) is 25.6 Å². The second-order valence-corrected chi connectivity index (χ2v) is 7.77. The molecule has 0 N–H and O–H groups in total. The molecule has 2 aromatic heterocycles. The molecule has 0 aliphatic carbocycles. The molecule has 8 nitrogen and oxygen atoms in total. The summed E-state index contributed by atoms with van der Waals surface area (Å²) in [5.41, 5.74) is -0.863. The fourth-order valence-electron chi connectivity index (χ4n) is 3.36. The highest BCUT2D eigenvalue weighted by molar-refractivity contribution is 6.33. The molecule has 176 valence electrons. The largest absolute Gasteiger partial charge is 0.497 e. The molecule has 12 heteroatoms. The van der Waals surface area contributed by atoms with E-state index >= 15 is 0 Å². The maximum absolute atomic E-state index is 12.8. The molecule has 4 rings (SSSR count). The van der Waals surface area contributed by atoms with E-state index < -0.39 is 11.7 Å². The van der Waals surface area contributed by atoms with Crippen LogP contribution in [0.3, 0.4) is 0 Å². The monoisotopic (exact) mass is 483 g/mol. The normalized spacial score (nSPS) is 15.0. The first-order valence-corrected chi connectivity index (χ1v) is 10.5. The van der Waals surface area contributed by atoms with E-state index in [1.807, 2.05) is 4.90 Å². The van der Waals surface area contributed by atoms with Crippen LogP contribution in [0.4, 0.5) is 19.0 Å². The van der Waals surface area contributed by atoms with Gasteiger partial charge in [-0.2, -0.15) is 18.2 Å². The fourth-order valence-corrected chi connectivity index (χ4v) is 3.65. The minimum atomic E-state index is -4.48. The molecule has 0 unspecified atom stereocenters. The van der Waals surface area contributed by atoms with Crippen molar-refractivity contribution in [3.63, 3.8) is 0 Å². The van der Waals surface area contributed by atoms with Crippen molar-refractivity contribution in [3.05, 3.63) is 58.8 Å². The first-order valence-electron chi connectivity index (χ1n) is 10.1. The third-order valence-electron chi connectivity index (χ3n) is 5.12. The molecule has 1 fully saturated rings. The van der Waals surface area contributed by atoms with Crippen LogP contribution in [0, 0.1) is 0 Å². The lowest BCUT2D eigenvalue weighted by molar-refractivity contribution is -0.137. The topological polar surface area (TPSA) is 76.8 Å². The summed E-state index contributed by atoms with van der Waals surface area (Å²) in [7, 11) is 1.59. The Balaban J connectivity index is 1.27. The summed E-state index contributed by atoms with van der Waals surface area (Å²) in [6, 6.07) is 8.08. The van der Waals surface area contributed by atoms with Crippen LogP contribution in [0.25, 0.3) is 0 Å². The number of piperazine rings is 1. The summed E-state index contributed by atoms with van der Waals surface area (Å²) in [5.74, 6) is 2.64. The molecule has 1 aliphatic heterocycles. The van der Waals surface area contributed by atoms with Crippen LogP contribution < -0.4 is 14.4 Å². The number of anilines is 1. The average Bonchev–Trinajstić information content (AvgIpc) is 3.25. The number of alkyl halides is 3. The quantitative estimate of drug-likeness (QED) is 0.498. The molecule has 0 amide bonds. The van der Waals surface area contributed by atoms with E-state index in [-0.39, 0.29) is 11.6 Å². The minimum Gasteiger partial charge on any atom is -0.497 e. The van der Waals surface area contributed by atoms with Gasteiger partial charge in [-0.05, 0) is 30.3 Å². The first-order chi connectivity index (χ1) is 15.8. The van der Waals surface area contributed by atoms with Gasteiger partial charge in [-0.3, -0.25) is 4.90 Å². The number of pyridine rings is 1. The van der Waals surface area contributed by atoms with Crippen molar-refractivity contribution in [2.75, 3.05) is 38.2 Å². The molecule has 0 radical (unpaired) electrons. The standard InChI is InChI=1S/C21H21ClF3N5O3/c1-31-15-2-4-16(5-3-15)32-13-18-27-19(33-28-18)12-29-6-8-30(9-7-29)20-17(22)10-14(11-26-20)21(23,24)25/h2-5,10-11H,6-9,12-13H2,1H3. The maximum Gasteiger partial charge on any atom is 0.417 e. The zero-order valence-corrected chi connectivity index (χ0v) is 18.4. The Labute approximate surface area is 192 Å². The van der Waals surface area contributed by atoms with Crippen molar-refractivity contribution in [3.8, 4) is 11.5 Å². The van der Waals surface area contributed by atoms with Crippen molar-refractivity contribution in [1.29, 1.82) is 0 Å². The summed E-state index contributed by atoms with van der Waals surface area (Å²) >= 11 is 6.06. The van der Waals surface area contributed by atoms with Gasteiger partial charge in [0, 0.05) is 32.4 Å². The molecule has 0 atom stereocenters. The van der Waals surface area contributed by atoms with Crippen LogP contribution in [0.1, 0.15) is 17.3 Å². The number of aromatic nitrogens is 3. The van der Waals surface area contributed by atoms with Crippen molar-refractivity contribution < 1.29 is 27.2 Å². The van der Waals surface area contributed by atoms with Gasteiger partial charge in [0.25, 0.3) is 0 Å². The second kappa shape index (κ2) is 9.84. The smallest absolute Gasteiger partial charge is 0.417 e. The molecular weight excluding hydrogens is 463 g/mol. The number of methoxy groups -OCH3 is 1. The van der Waals surface area contributed by atoms with Crippen LogP contribution in [0.5, 0.6) is 11.5 Å². The summed E-state index contributed by atoms with van der Waals surface area (Å²) in [6.45, 7) is 3.01. The molecule has 33 heavy (non-hydrogen) atoms. The number of hydrogen-bond acceptors (Lipinski definition) is 8. The van der Waals surface area contributed by atoms with E-state index in [1.165, 1.54) is 0 Å². The van der Waals surface area contributed by atoms with Gasteiger partial charge >= 0.3 is 6.18 Å². The average molecular weight is 484 g/mol. The second-order valence-electron chi connectivity index (χ2n) is 7.36. The molecule has 1 aliphatic rings. The Hall–Kier alpha value is -3.05. The number of halogens is 4. The highest BCUT2D eigenvalue weighted by atomic mass is 35.5. The predicted molar refractivity (Wildman–Crippen MR) is 113 cm³/mol. The van der Waals surface area contributed by atoms with E-state index in [0.29, 0.717) is 56.0 Å². The fraction of sp³-hybridized carbons (Fsp3) is 0.381. The Bertz CT molecular complexity index is 1070.